The maximum Gasteiger partial charge on any atom is 0.297 e. The molecule has 12 nitrogen and oxygen atoms in total. The molecule has 2 N–H and O–H groups in total. The van der Waals surface area contributed by atoms with Crippen molar-refractivity contribution in [1.82, 2.24) is 30.1 Å². The van der Waals surface area contributed by atoms with E-state index in [4.69, 9.17) is 32.7 Å². The van der Waals surface area contributed by atoms with Gasteiger partial charge in [-0.05, 0) is 55.8 Å². The van der Waals surface area contributed by atoms with Crippen molar-refractivity contribution in [3.63, 3.8) is 0 Å². The predicted octanol–water partition coefficient (Wildman–Crippen LogP) is 3.91. The number of likely N-dealkylation sites (tertiary alicyclic amines) is 1. The summed E-state index contributed by atoms with van der Waals surface area (Å²) in [5, 5.41) is 5.97. The average molecular weight is 683 g/mol. The topological polar surface area (TPSA) is 131 Å². The van der Waals surface area contributed by atoms with Crippen LogP contribution in [0.4, 0.5) is 5.69 Å². The lowest BCUT2D eigenvalue weighted by Crippen LogP contribution is -2.47. The minimum absolute atomic E-state index is 0.00564. The number of rotatable bonds is 12. The van der Waals surface area contributed by atoms with Gasteiger partial charge in [0.25, 0.3) is 6.01 Å². The summed E-state index contributed by atoms with van der Waals surface area (Å²) in [6.45, 7) is 1.56. The molecule has 4 aromatic rings. The Morgan fingerprint density at radius 3 is 2.68 bits per heavy atom. The van der Waals surface area contributed by atoms with Gasteiger partial charge in [-0.3, -0.25) is 28.8 Å². The molecule has 47 heavy (non-hydrogen) atoms. The fourth-order valence-corrected chi connectivity index (χ4v) is 6.22. The second-order valence-electron chi connectivity index (χ2n) is 11.2. The summed E-state index contributed by atoms with van der Waals surface area (Å²) in [6.07, 6.45) is 3.35. The van der Waals surface area contributed by atoms with Crippen molar-refractivity contribution < 1.29 is 23.9 Å². The Balaban J connectivity index is 1.24. The summed E-state index contributed by atoms with van der Waals surface area (Å²) in [5.41, 5.74) is 3.15. The highest BCUT2D eigenvalue weighted by molar-refractivity contribution is 6.38. The van der Waals surface area contributed by atoms with E-state index in [1.807, 2.05) is 39.8 Å². The molecule has 1 aliphatic heterocycles. The Hall–Kier alpha value is -4.39. The maximum absolute atomic E-state index is 13.1. The number of methoxy groups -OCH3 is 1. The Morgan fingerprint density at radius 2 is 1.94 bits per heavy atom. The third-order valence-corrected chi connectivity index (χ3v) is 8.91. The Bertz CT molecular complexity index is 1750. The fraction of sp³-hybridized carbons (Fsp3) is 0.364. The Kier molecular flexibility index (Phi) is 11.2. The molecule has 3 amide bonds. The maximum atomic E-state index is 13.1. The van der Waals surface area contributed by atoms with Crippen molar-refractivity contribution in [1.29, 1.82) is 0 Å². The van der Waals surface area contributed by atoms with Crippen LogP contribution >= 0.6 is 23.2 Å². The number of anilines is 1. The van der Waals surface area contributed by atoms with E-state index in [2.05, 4.69) is 20.6 Å². The standard InChI is InChI=1S/C33H37Cl2N7O5/c1-36-32(45)21-8-7-15-41(17-21)19-28(43)38-16-29(44)40(2)25-13-12-24(34)23(30(25)35)20-47-27-11-6-10-26-31(27)39-33(46-3)42(26)18-22-9-4-5-14-37-22/h4-6,9-14,21H,7-8,15-20H2,1-3H3,(H,36,45)(H,38,43). The number of likely N-dealkylation sites (N-methyl/N-ethyl adjacent to an activating group) is 1. The van der Waals surface area contributed by atoms with Crippen LogP contribution in [0.2, 0.25) is 10.0 Å². The molecule has 14 heteroatoms. The van der Waals surface area contributed by atoms with Gasteiger partial charge in [0.05, 0.1) is 54.6 Å². The normalized spacial score (nSPS) is 14.9. The van der Waals surface area contributed by atoms with E-state index in [1.165, 1.54) is 4.90 Å². The van der Waals surface area contributed by atoms with E-state index in [9.17, 15) is 14.4 Å². The van der Waals surface area contributed by atoms with Crippen LogP contribution in [-0.2, 0) is 27.5 Å². The zero-order chi connectivity index (χ0) is 33.5. The number of hydrogen-bond acceptors (Lipinski definition) is 8. The molecular weight excluding hydrogens is 645 g/mol. The molecule has 1 saturated heterocycles. The van der Waals surface area contributed by atoms with Crippen molar-refractivity contribution in [3.05, 3.63) is 76.0 Å². The van der Waals surface area contributed by atoms with Crippen molar-refractivity contribution in [3.8, 4) is 11.8 Å². The first-order chi connectivity index (χ1) is 22.7. The van der Waals surface area contributed by atoms with Crippen molar-refractivity contribution in [2.45, 2.75) is 26.0 Å². The molecule has 0 radical (unpaired) electrons. The number of imidazole rings is 1. The third-order valence-electron chi connectivity index (χ3n) is 8.14. The van der Waals surface area contributed by atoms with E-state index in [0.29, 0.717) is 46.6 Å². The van der Waals surface area contributed by atoms with Crippen molar-refractivity contribution in [2.24, 2.45) is 5.92 Å². The fourth-order valence-electron chi connectivity index (χ4n) is 5.61. The summed E-state index contributed by atoms with van der Waals surface area (Å²) in [4.78, 5) is 50.1. The number of ether oxygens (including phenoxy) is 2. The van der Waals surface area contributed by atoms with E-state index in [1.54, 1.807) is 45.6 Å². The van der Waals surface area contributed by atoms with Crippen LogP contribution in [0.15, 0.2) is 54.7 Å². The van der Waals surface area contributed by atoms with Gasteiger partial charge in [-0.1, -0.05) is 35.3 Å². The molecule has 1 atom stereocenters. The molecule has 0 spiro atoms. The minimum atomic E-state index is -0.369. The quantitative estimate of drug-likeness (QED) is 0.230. The third kappa shape index (κ3) is 7.95. The van der Waals surface area contributed by atoms with E-state index in [-0.39, 0.29) is 48.4 Å². The molecule has 1 fully saturated rings. The number of piperidine rings is 1. The van der Waals surface area contributed by atoms with Crippen LogP contribution in [0.25, 0.3) is 11.0 Å². The second kappa shape index (κ2) is 15.5. The molecule has 0 bridgehead atoms. The molecule has 5 rings (SSSR count). The first-order valence-corrected chi connectivity index (χ1v) is 16.0. The SMILES string of the molecule is CNC(=O)C1CCCN(CC(=O)NCC(=O)N(C)c2ccc(Cl)c(COc3cccc4c3nc(OC)n4Cc3ccccn3)c2Cl)C1. The number of hydrogen-bond donors (Lipinski definition) is 2. The number of nitrogens with one attached hydrogen (secondary N) is 2. The van der Waals surface area contributed by atoms with Crippen molar-refractivity contribution >= 4 is 57.6 Å². The van der Waals surface area contributed by atoms with Crippen molar-refractivity contribution in [2.75, 3.05) is 52.3 Å². The Labute approximate surface area is 282 Å². The first kappa shape index (κ1) is 34.0. The van der Waals surface area contributed by atoms with Crippen LogP contribution in [0.3, 0.4) is 0 Å². The highest BCUT2D eigenvalue weighted by Gasteiger charge is 2.27. The van der Waals surface area contributed by atoms with Crippen LogP contribution < -0.4 is 25.0 Å². The number of carbonyl (C=O) groups is 3. The molecule has 2 aromatic carbocycles. The zero-order valence-corrected chi connectivity index (χ0v) is 28.0. The van der Waals surface area contributed by atoms with Gasteiger partial charge in [0.2, 0.25) is 17.7 Å². The highest BCUT2D eigenvalue weighted by atomic mass is 35.5. The molecule has 1 aliphatic rings. The number of fused-ring (bicyclic) bond motifs is 1. The van der Waals surface area contributed by atoms with E-state index >= 15 is 0 Å². The number of benzene rings is 2. The molecule has 0 saturated carbocycles. The highest BCUT2D eigenvalue weighted by Crippen LogP contribution is 2.36. The summed E-state index contributed by atoms with van der Waals surface area (Å²) in [5.74, 6) is -0.341. The lowest BCUT2D eigenvalue weighted by molar-refractivity contribution is -0.129. The predicted molar refractivity (Wildman–Crippen MR) is 180 cm³/mol. The minimum Gasteiger partial charge on any atom is -0.486 e. The van der Waals surface area contributed by atoms with E-state index < -0.39 is 0 Å². The molecule has 0 aliphatic carbocycles. The van der Waals surface area contributed by atoms with Gasteiger partial charge in [0, 0.05) is 37.4 Å². The van der Waals surface area contributed by atoms with E-state index in [0.717, 1.165) is 30.6 Å². The zero-order valence-electron chi connectivity index (χ0n) is 26.5. The second-order valence-corrected chi connectivity index (χ2v) is 12.0. The first-order valence-electron chi connectivity index (χ1n) is 15.2. The largest absolute Gasteiger partial charge is 0.486 e. The van der Waals surface area contributed by atoms with Gasteiger partial charge in [-0.25, -0.2) is 0 Å². The van der Waals surface area contributed by atoms with Crippen LogP contribution in [0.5, 0.6) is 11.8 Å². The number of carbonyl (C=O) groups excluding carboxylic acids is 3. The van der Waals surface area contributed by atoms with Gasteiger partial charge >= 0.3 is 0 Å². The average Bonchev–Trinajstić information content (AvgIpc) is 3.44. The summed E-state index contributed by atoms with van der Waals surface area (Å²) in [6, 6.07) is 15.0. The smallest absolute Gasteiger partial charge is 0.297 e. The van der Waals surface area contributed by atoms with Gasteiger partial charge in [0.15, 0.2) is 0 Å². The molecular formula is C33H37Cl2N7O5. The molecule has 248 valence electrons. The van der Waals surface area contributed by atoms with Crippen LogP contribution in [-0.4, -0.2) is 84.5 Å². The van der Waals surface area contributed by atoms with Gasteiger partial charge in [0.1, 0.15) is 17.9 Å². The number of nitrogens with zero attached hydrogens (tertiary/aromatic N) is 5. The molecule has 3 heterocycles. The van der Waals surface area contributed by atoms with Crippen LogP contribution in [0.1, 0.15) is 24.1 Å². The molecule has 1 unspecified atom stereocenters. The summed E-state index contributed by atoms with van der Waals surface area (Å²) in [7, 11) is 4.75. The van der Waals surface area contributed by atoms with Gasteiger partial charge < -0.3 is 25.0 Å². The van der Waals surface area contributed by atoms with Gasteiger partial charge in [-0.2, -0.15) is 4.98 Å². The monoisotopic (exact) mass is 681 g/mol. The number of halogens is 2. The van der Waals surface area contributed by atoms with Crippen LogP contribution in [0, 0.1) is 5.92 Å². The lowest BCUT2D eigenvalue weighted by atomic mass is 9.97. The Morgan fingerprint density at radius 1 is 1.11 bits per heavy atom. The van der Waals surface area contributed by atoms with Gasteiger partial charge in [-0.15, -0.1) is 0 Å². The lowest BCUT2D eigenvalue weighted by Gasteiger charge is -2.31. The molecule has 2 aromatic heterocycles. The number of para-hydroxylation sites is 1. The summed E-state index contributed by atoms with van der Waals surface area (Å²) >= 11 is 13.3. The number of amides is 3. The number of aromatic nitrogens is 3. The summed E-state index contributed by atoms with van der Waals surface area (Å²) < 4.78 is 13.7. The number of pyridine rings is 1.